The standard InChI is InChI=1S/C19H24FN3O2/c1-12-9-17(15-10-13(20)5-6-16(15)21-12)23-8-7-14(11-23)22-18(24)25-19(2,3)4/h5-6,9-10,14H,7-8,11H2,1-4H3,(H,22,24)/t14-/m1/s1. The highest BCUT2D eigenvalue weighted by Crippen LogP contribution is 2.30. The second kappa shape index (κ2) is 6.50. The molecule has 1 amide bonds. The molecule has 5 nitrogen and oxygen atoms in total. The fraction of sp³-hybridized carbons (Fsp3) is 0.474. The van der Waals surface area contributed by atoms with Crippen molar-refractivity contribution >= 4 is 22.7 Å². The lowest BCUT2D eigenvalue weighted by Gasteiger charge is -2.23. The lowest BCUT2D eigenvalue weighted by Crippen LogP contribution is -2.40. The zero-order valence-corrected chi connectivity index (χ0v) is 15.1. The molecule has 0 aliphatic carbocycles. The molecule has 2 heterocycles. The Balaban J connectivity index is 1.77. The van der Waals surface area contributed by atoms with Gasteiger partial charge in [-0.15, -0.1) is 0 Å². The van der Waals surface area contributed by atoms with Gasteiger partial charge in [-0.25, -0.2) is 9.18 Å². The van der Waals surface area contributed by atoms with E-state index in [0.717, 1.165) is 35.2 Å². The second-order valence-electron chi connectivity index (χ2n) is 7.52. The molecule has 1 aromatic heterocycles. The summed E-state index contributed by atoms with van der Waals surface area (Å²) in [6.07, 6.45) is 0.415. The fourth-order valence-corrected chi connectivity index (χ4v) is 3.14. The number of anilines is 1. The van der Waals surface area contributed by atoms with E-state index in [1.54, 1.807) is 6.07 Å². The van der Waals surface area contributed by atoms with Gasteiger partial charge in [0.25, 0.3) is 0 Å². The first-order chi connectivity index (χ1) is 11.7. The van der Waals surface area contributed by atoms with Crippen LogP contribution in [0, 0.1) is 12.7 Å². The molecule has 0 bridgehead atoms. The molecule has 3 rings (SSSR count). The van der Waals surface area contributed by atoms with Crippen LogP contribution >= 0.6 is 0 Å². The van der Waals surface area contributed by atoms with Gasteiger partial charge in [0.05, 0.1) is 11.6 Å². The van der Waals surface area contributed by atoms with Crippen molar-refractivity contribution < 1.29 is 13.9 Å². The molecule has 1 aliphatic heterocycles. The normalized spacial score (nSPS) is 17.8. The summed E-state index contributed by atoms with van der Waals surface area (Å²) in [5.41, 5.74) is 2.10. The predicted octanol–water partition coefficient (Wildman–Crippen LogP) is 3.79. The number of pyridine rings is 1. The van der Waals surface area contributed by atoms with Crippen molar-refractivity contribution in [2.24, 2.45) is 0 Å². The number of rotatable bonds is 2. The Hall–Kier alpha value is -2.37. The Bertz CT molecular complexity index is 801. The van der Waals surface area contributed by atoms with Gasteiger partial charge in [-0.05, 0) is 58.4 Å². The van der Waals surface area contributed by atoms with Crippen molar-refractivity contribution in [1.29, 1.82) is 0 Å². The SMILES string of the molecule is Cc1cc(N2CC[C@@H](NC(=O)OC(C)(C)C)C2)c2cc(F)ccc2n1. The zero-order valence-electron chi connectivity index (χ0n) is 15.1. The van der Waals surface area contributed by atoms with Crippen LogP contribution in [0.25, 0.3) is 10.9 Å². The number of hydrogen-bond donors (Lipinski definition) is 1. The number of carbonyl (C=O) groups is 1. The van der Waals surface area contributed by atoms with Crippen LogP contribution in [0.15, 0.2) is 24.3 Å². The number of halogens is 1. The molecular weight excluding hydrogens is 321 g/mol. The van der Waals surface area contributed by atoms with Crippen LogP contribution in [0.2, 0.25) is 0 Å². The molecule has 0 radical (unpaired) electrons. The van der Waals surface area contributed by atoms with Gasteiger partial charge in [0, 0.05) is 29.9 Å². The fourth-order valence-electron chi connectivity index (χ4n) is 3.14. The molecular formula is C19H24FN3O2. The second-order valence-corrected chi connectivity index (χ2v) is 7.52. The molecule has 1 aliphatic rings. The maximum atomic E-state index is 13.7. The summed E-state index contributed by atoms with van der Waals surface area (Å²) in [5.74, 6) is -0.276. The van der Waals surface area contributed by atoms with Gasteiger partial charge in [0.2, 0.25) is 0 Å². The molecule has 0 unspecified atom stereocenters. The lowest BCUT2D eigenvalue weighted by molar-refractivity contribution is 0.0509. The van der Waals surface area contributed by atoms with E-state index in [9.17, 15) is 9.18 Å². The van der Waals surface area contributed by atoms with Crippen molar-refractivity contribution in [3.8, 4) is 0 Å². The van der Waals surface area contributed by atoms with Gasteiger partial charge in [0.1, 0.15) is 11.4 Å². The molecule has 1 aromatic carbocycles. The number of aromatic nitrogens is 1. The monoisotopic (exact) mass is 345 g/mol. The largest absolute Gasteiger partial charge is 0.444 e. The molecule has 1 saturated heterocycles. The summed E-state index contributed by atoms with van der Waals surface area (Å²) in [6, 6.07) is 6.62. The van der Waals surface area contributed by atoms with E-state index in [0.29, 0.717) is 6.54 Å². The summed E-state index contributed by atoms with van der Waals surface area (Å²) in [5, 5.41) is 3.71. The first-order valence-electron chi connectivity index (χ1n) is 8.53. The first kappa shape index (κ1) is 17.5. The number of alkyl carbamates (subject to hydrolysis) is 1. The highest BCUT2D eigenvalue weighted by Gasteiger charge is 2.27. The molecule has 1 N–H and O–H groups in total. The third-order valence-electron chi connectivity index (χ3n) is 4.13. The van der Waals surface area contributed by atoms with Crippen LogP contribution in [0.1, 0.15) is 32.9 Å². The number of carbonyl (C=O) groups excluding carboxylic acids is 1. The molecule has 0 spiro atoms. The number of nitrogens with zero attached hydrogens (tertiary/aromatic N) is 2. The number of nitrogens with one attached hydrogen (secondary N) is 1. The third kappa shape index (κ3) is 4.18. The first-order valence-corrected chi connectivity index (χ1v) is 8.53. The molecule has 0 saturated carbocycles. The van der Waals surface area contributed by atoms with Crippen LogP contribution < -0.4 is 10.2 Å². The Labute approximate surface area is 147 Å². The molecule has 25 heavy (non-hydrogen) atoms. The molecule has 134 valence electrons. The minimum Gasteiger partial charge on any atom is -0.444 e. The van der Waals surface area contributed by atoms with E-state index < -0.39 is 11.7 Å². The molecule has 6 heteroatoms. The Morgan fingerprint density at radius 1 is 1.36 bits per heavy atom. The van der Waals surface area contributed by atoms with E-state index in [2.05, 4.69) is 15.2 Å². The third-order valence-corrected chi connectivity index (χ3v) is 4.13. The zero-order chi connectivity index (χ0) is 18.2. The highest BCUT2D eigenvalue weighted by atomic mass is 19.1. The number of benzene rings is 1. The van der Waals surface area contributed by atoms with Crippen LogP contribution in [0.3, 0.4) is 0 Å². The van der Waals surface area contributed by atoms with Gasteiger partial charge >= 0.3 is 6.09 Å². The van der Waals surface area contributed by atoms with Crippen molar-refractivity contribution in [2.75, 3.05) is 18.0 Å². The van der Waals surface area contributed by atoms with Gasteiger partial charge < -0.3 is 15.0 Å². The molecule has 1 fully saturated rings. The average Bonchev–Trinajstić information content (AvgIpc) is 2.93. The number of ether oxygens (including phenoxy) is 1. The maximum Gasteiger partial charge on any atom is 0.407 e. The smallest absolute Gasteiger partial charge is 0.407 e. The number of hydrogen-bond acceptors (Lipinski definition) is 4. The summed E-state index contributed by atoms with van der Waals surface area (Å²) < 4.78 is 19.0. The van der Waals surface area contributed by atoms with Crippen LogP contribution in [-0.2, 0) is 4.74 Å². The quantitative estimate of drug-likeness (QED) is 0.900. The number of amides is 1. The van der Waals surface area contributed by atoms with E-state index in [1.165, 1.54) is 12.1 Å². The summed E-state index contributed by atoms with van der Waals surface area (Å²) in [6.45, 7) is 8.90. The minimum atomic E-state index is -0.516. The molecule has 2 aromatic rings. The van der Waals surface area contributed by atoms with Crippen molar-refractivity contribution in [3.63, 3.8) is 0 Å². The van der Waals surface area contributed by atoms with Gasteiger partial charge in [-0.1, -0.05) is 0 Å². The van der Waals surface area contributed by atoms with E-state index in [-0.39, 0.29) is 11.9 Å². The highest BCUT2D eigenvalue weighted by molar-refractivity contribution is 5.92. The van der Waals surface area contributed by atoms with Crippen molar-refractivity contribution in [2.45, 2.75) is 45.8 Å². The topological polar surface area (TPSA) is 54.5 Å². The summed E-state index contributed by atoms with van der Waals surface area (Å²) in [4.78, 5) is 18.6. The van der Waals surface area contributed by atoms with Crippen LogP contribution in [0.4, 0.5) is 14.9 Å². The predicted molar refractivity (Wildman–Crippen MR) is 96.4 cm³/mol. The van der Waals surface area contributed by atoms with E-state index >= 15 is 0 Å². The van der Waals surface area contributed by atoms with Crippen LogP contribution in [-0.4, -0.2) is 35.8 Å². The Morgan fingerprint density at radius 3 is 2.84 bits per heavy atom. The van der Waals surface area contributed by atoms with Crippen LogP contribution in [0.5, 0.6) is 0 Å². The summed E-state index contributed by atoms with van der Waals surface area (Å²) in [7, 11) is 0. The average molecular weight is 345 g/mol. The minimum absolute atomic E-state index is 0.00642. The van der Waals surface area contributed by atoms with E-state index in [1.807, 2.05) is 33.8 Å². The van der Waals surface area contributed by atoms with E-state index in [4.69, 9.17) is 4.74 Å². The summed E-state index contributed by atoms with van der Waals surface area (Å²) >= 11 is 0. The lowest BCUT2D eigenvalue weighted by atomic mass is 10.1. The Kier molecular flexibility index (Phi) is 4.54. The molecule has 1 atom stereocenters. The van der Waals surface area contributed by atoms with Crippen molar-refractivity contribution in [3.05, 3.63) is 35.8 Å². The van der Waals surface area contributed by atoms with Gasteiger partial charge in [0.15, 0.2) is 0 Å². The van der Waals surface area contributed by atoms with Crippen molar-refractivity contribution in [1.82, 2.24) is 10.3 Å². The number of fused-ring (bicyclic) bond motifs is 1. The van der Waals surface area contributed by atoms with Gasteiger partial charge in [-0.3, -0.25) is 4.98 Å². The Morgan fingerprint density at radius 2 is 2.12 bits per heavy atom. The maximum absolute atomic E-state index is 13.7. The number of aryl methyl sites for hydroxylation is 1. The van der Waals surface area contributed by atoms with Gasteiger partial charge in [-0.2, -0.15) is 0 Å².